The Labute approximate surface area is 220 Å². The first-order chi connectivity index (χ1) is 18.5. The molecule has 1 aromatic heterocycles. The molecule has 0 fully saturated rings. The number of hydrogen-bond donors (Lipinski definition) is 0. The van der Waals surface area contributed by atoms with E-state index in [4.69, 9.17) is 10.00 Å². The predicted octanol–water partition coefficient (Wildman–Crippen LogP) is 5.76. The Hall–Kier alpha value is -4.84. The molecule has 0 amide bonds. The quantitative estimate of drug-likeness (QED) is 0.232. The minimum Gasteiger partial charge on any atom is -0.437 e. The summed E-state index contributed by atoms with van der Waals surface area (Å²) in [7, 11) is 2.73. The summed E-state index contributed by atoms with van der Waals surface area (Å²) < 4.78 is 75.1. The highest BCUT2D eigenvalue weighted by molar-refractivity contribution is 6.45. The molecular formula is C27H22F5N5O2. The molecule has 0 atom stereocenters. The van der Waals surface area contributed by atoms with Crippen LogP contribution in [0.1, 0.15) is 30.5 Å². The summed E-state index contributed by atoms with van der Waals surface area (Å²) in [6, 6.07) is 11.6. The normalized spacial score (nSPS) is 11.7. The molecule has 3 aromatic rings. The Morgan fingerprint density at radius 1 is 1.00 bits per heavy atom. The van der Waals surface area contributed by atoms with Crippen LogP contribution < -0.4 is 10.3 Å². The number of aliphatic imine (C=N–C) groups is 2. The van der Waals surface area contributed by atoms with Crippen molar-refractivity contribution in [3.05, 3.63) is 87.2 Å². The van der Waals surface area contributed by atoms with E-state index >= 15 is 0 Å². The number of ether oxygens (including phenoxy) is 1. The fourth-order valence-corrected chi connectivity index (χ4v) is 3.39. The van der Waals surface area contributed by atoms with Crippen LogP contribution in [0.4, 0.5) is 22.0 Å². The van der Waals surface area contributed by atoms with Gasteiger partial charge in [0.2, 0.25) is 0 Å². The van der Waals surface area contributed by atoms with Crippen LogP contribution in [0.2, 0.25) is 0 Å². The second-order valence-electron chi connectivity index (χ2n) is 7.39. The topological polar surface area (TPSA) is 104 Å². The molecule has 12 heteroatoms. The summed E-state index contributed by atoms with van der Waals surface area (Å²) >= 11 is 0. The summed E-state index contributed by atoms with van der Waals surface area (Å²) in [5, 5.41) is 18.4. The molecule has 0 unspecified atom stereocenters. The lowest BCUT2D eigenvalue weighted by Gasteiger charge is -2.18. The van der Waals surface area contributed by atoms with Crippen LogP contribution in [0.5, 0.6) is 5.75 Å². The fourth-order valence-electron chi connectivity index (χ4n) is 3.39. The van der Waals surface area contributed by atoms with Gasteiger partial charge < -0.3 is 9.30 Å². The summed E-state index contributed by atoms with van der Waals surface area (Å²) in [5.41, 5.74) is -4.36. The Kier molecular flexibility index (Phi) is 10.2. The van der Waals surface area contributed by atoms with Crippen LogP contribution in [-0.4, -0.2) is 30.3 Å². The Morgan fingerprint density at radius 2 is 1.64 bits per heavy atom. The van der Waals surface area contributed by atoms with Crippen molar-refractivity contribution in [2.45, 2.75) is 26.6 Å². The van der Waals surface area contributed by atoms with E-state index in [0.29, 0.717) is 12.1 Å². The lowest BCUT2D eigenvalue weighted by Crippen LogP contribution is -2.29. The second-order valence-corrected chi connectivity index (χ2v) is 7.39. The molecule has 7 nitrogen and oxygen atoms in total. The van der Waals surface area contributed by atoms with Gasteiger partial charge in [-0.1, -0.05) is 19.9 Å². The van der Waals surface area contributed by atoms with Gasteiger partial charge in [0.25, 0.3) is 11.5 Å². The van der Waals surface area contributed by atoms with Gasteiger partial charge >= 0.3 is 6.18 Å². The Bertz CT molecular complexity index is 1540. The number of pyridine rings is 1. The van der Waals surface area contributed by atoms with E-state index in [2.05, 4.69) is 9.98 Å². The van der Waals surface area contributed by atoms with Gasteiger partial charge in [-0.15, -0.1) is 0 Å². The molecule has 0 bridgehead atoms. The van der Waals surface area contributed by atoms with E-state index in [9.17, 15) is 32.0 Å². The number of hydrogen-bond acceptors (Lipinski definition) is 6. The zero-order valence-corrected chi connectivity index (χ0v) is 21.3. The van der Waals surface area contributed by atoms with Crippen LogP contribution in [0.25, 0.3) is 11.3 Å². The Balaban J connectivity index is 0.00000260. The second kappa shape index (κ2) is 13.1. The largest absolute Gasteiger partial charge is 0.437 e. The zero-order valence-electron chi connectivity index (χ0n) is 21.3. The van der Waals surface area contributed by atoms with Crippen LogP contribution in [0.15, 0.2) is 63.3 Å². The highest BCUT2D eigenvalue weighted by Crippen LogP contribution is 2.34. The molecule has 0 aliphatic carbocycles. The van der Waals surface area contributed by atoms with Crippen molar-refractivity contribution in [2.24, 2.45) is 9.98 Å². The molecule has 1 heterocycles. The summed E-state index contributed by atoms with van der Waals surface area (Å²) in [5.74, 6) is -1.84. The average molecular weight is 543 g/mol. The smallest absolute Gasteiger partial charge is 0.417 e. The SMILES string of the molecule is CC.CN=C(C#N)C(=NC)Oc1ccc(-c2cc(C(F)(F)F)c(C#N)c(=O)n2Cc2ccc(F)cc2F)cc1. The van der Waals surface area contributed by atoms with Gasteiger partial charge in [-0.2, -0.15) is 23.7 Å². The molecule has 0 radical (unpaired) electrons. The van der Waals surface area contributed by atoms with E-state index in [1.165, 1.54) is 44.4 Å². The van der Waals surface area contributed by atoms with Gasteiger partial charge in [0.1, 0.15) is 35.1 Å². The van der Waals surface area contributed by atoms with Crippen molar-refractivity contribution in [2.75, 3.05) is 14.1 Å². The number of nitrogens with zero attached hydrogens (tertiary/aromatic N) is 5. The van der Waals surface area contributed by atoms with Gasteiger partial charge in [0.15, 0.2) is 5.71 Å². The monoisotopic (exact) mass is 543 g/mol. The molecule has 0 aliphatic rings. The summed E-state index contributed by atoms with van der Waals surface area (Å²) in [4.78, 5) is 20.6. The third kappa shape index (κ3) is 6.93. The first-order valence-corrected chi connectivity index (χ1v) is 11.3. The lowest BCUT2D eigenvalue weighted by molar-refractivity contribution is -0.137. The number of halogens is 5. The first-order valence-electron chi connectivity index (χ1n) is 11.3. The average Bonchev–Trinajstić information content (AvgIpc) is 2.91. The van der Waals surface area contributed by atoms with Gasteiger partial charge in [-0.25, -0.2) is 8.78 Å². The minimum atomic E-state index is -5.03. The molecular weight excluding hydrogens is 521 g/mol. The summed E-state index contributed by atoms with van der Waals surface area (Å²) in [6.45, 7) is 3.43. The van der Waals surface area contributed by atoms with Gasteiger partial charge in [-0.05, 0) is 42.0 Å². The minimum absolute atomic E-state index is 0.0938. The highest BCUT2D eigenvalue weighted by atomic mass is 19.4. The third-order valence-corrected chi connectivity index (χ3v) is 5.16. The van der Waals surface area contributed by atoms with E-state index < -0.39 is 41.0 Å². The molecule has 39 heavy (non-hydrogen) atoms. The van der Waals surface area contributed by atoms with E-state index in [-0.39, 0.29) is 34.2 Å². The molecule has 202 valence electrons. The molecule has 0 spiro atoms. The number of rotatable bonds is 5. The van der Waals surface area contributed by atoms with E-state index in [1.807, 2.05) is 13.8 Å². The molecule has 0 saturated heterocycles. The van der Waals surface area contributed by atoms with E-state index in [0.717, 1.165) is 16.7 Å². The number of nitriles is 2. The maximum Gasteiger partial charge on any atom is 0.417 e. The van der Waals surface area contributed by atoms with Crippen molar-refractivity contribution < 1.29 is 26.7 Å². The van der Waals surface area contributed by atoms with Crippen molar-refractivity contribution in [1.82, 2.24) is 4.57 Å². The van der Waals surface area contributed by atoms with Crippen molar-refractivity contribution >= 4 is 11.6 Å². The molecule has 0 saturated carbocycles. The van der Waals surface area contributed by atoms with Crippen LogP contribution in [0, 0.1) is 34.3 Å². The van der Waals surface area contributed by atoms with Crippen molar-refractivity contribution in [3.8, 4) is 29.1 Å². The fraction of sp³-hybridized carbons (Fsp3) is 0.222. The van der Waals surface area contributed by atoms with Crippen molar-refractivity contribution in [3.63, 3.8) is 0 Å². The van der Waals surface area contributed by atoms with E-state index in [1.54, 1.807) is 6.07 Å². The summed E-state index contributed by atoms with van der Waals surface area (Å²) in [6.07, 6.45) is -5.03. The Morgan fingerprint density at radius 3 is 2.13 bits per heavy atom. The van der Waals surface area contributed by atoms with Gasteiger partial charge in [0.05, 0.1) is 17.8 Å². The maximum atomic E-state index is 14.3. The van der Waals surface area contributed by atoms with Gasteiger partial charge in [0, 0.05) is 25.7 Å². The molecule has 2 aromatic carbocycles. The van der Waals surface area contributed by atoms with Crippen molar-refractivity contribution in [1.29, 1.82) is 10.5 Å². The number of benzene rings is 2. The highest BCUT2D eigenvalue weighted by Gasteiger charge is 2.36. The third-order valence-electron chi connectivity index (χ3n) is 5.16. The van der Waals surface area contributed by atoms with Crippen LogP contribution >= 0.6 is 0 Å². The molecule has 0 aliphatic heterocycles. The zero-order chi connectivity index (χ0) is 29.3. The van der Waals surface area contributed by atoms with Crippen LogP contribution in [0.3, 0.4) is 0 Å². The number of aromatic nitrogens is 1. The lowest BCUT2D eigenvalue weighted by atomic mass is 10.0. The molecule has 0 N–H and O–H groups in total. The maximum absolute atomic E-state index is 14.3. The predicted molar refractivity (Wildman–Crippen MR) is 136 cm³/mol. The van der Waals surface area contributed by atoms with Crippen LogP contribution in [-0.2, 0) is 12.7 Å². The number of alkyl halides is 3. The van der Waals surface area contributed by atoms with Gasteiger partial charge in [-0.3, -0.25) is 14.8 Å². The standard InChI is InChI=1S/C25H16F5N5O2.C2H6/c1-33-21(12-32)23(34-2)37-17-7-4-14(5-8-17)22-10-19(25(28,29)30)18(11-31)24(36)35(22)13-15-3-6-16(26)9-20(15)27;1-2/h3-10H,13H2,1-2H3;1-2H3. The first kappa shape index (κ1) is 30.4. The molecule has 3 rings (SSSR count).